The Morgan fingerprint density at radius 3 is 2.09 bits per heavy atom. The highest BCUT2D eigenvalue weighted by atomic mass is 127. The van der Waals surface area contributed by atoms with E-state index in [0.717, 1.165) is 3.57 Å². The minimum Gasteiger partial charge on any atom is -0.506 e. The summed E-state index contributed by atoms with van der Waals surface area (Å²) in [6.45, 7) is 7.68. The third-order valence-corrected chi connectivity index (χ3v) is 6.53. The summed E-state index contributed by atoms with van der Waals surface area (Å²) in [5, 5.41) is 10.0. The minimum absolute atomic E-state index is 0.00775. The number of ether oxygens (including phenoxy) is 4. The number of carbonyl (C=O) groups excluding carboxylic acids is 3. The molecule has 1 atom stereocenters. The number of aromatic hydroxyl groups is 1. The fourth-order valence-electron chi connectivity index (χ4n) is 2.62. The molecular formula is C22H28I2O8. The molecule has 32 heavy (non-hydrogen) atoms. The van der Waals surface area contributed by atoms with Gasteiger partial charge >= 0.3 is 17.9 Å². The van der Waals surface area contributed by atoms with Crippen molar-refractivity contribution in [2.45, 2.75) is 46.6 Å². The third kappa shape index (κ3) is 8.01. The molecule has 1 fully saturated rings. The van der Waals surface area contributed by atoms with Crippen molar-refractivity contribution in [3.8, 4) is 5.75 Å². The lowest BCUT2D eigenvalue weighted by Crippen LogP contribution is -2.33. The summed E-state index contributed by atoms with van der Waals surface area (Å²) < 4.78 is 22.0. The van der Waals surface area contributed by atoms with Crippen LogP contribution in [0.1, 0.15) is 50.9 Å². The highest BCUT2D eigenvalue weighted by Gasteiger charge is 2.37. The van der Waals surface area contributed by atoms with E-state index in [1.165, 1.54) is 6.07 Å². The van der Waals surface area contributed by atoms with Gasteiger partial charge in [0.2, 0.25) is 0 Å². The number of epoxide rings is 1. The molecule has 178 valence electrons. The smallest absolute Gasteiger partial charge is 0.342 e. The van der Waals surface area contributed by atoms with E-state index in [0.29, 0.717) is 23.0 Å². The van der Waals surface area contributed by atoms with E-state index in [1.807, 2.05) is 45.2 Å². The van der Waals surface area contributed by atoms with Gasteiger partial charge < -0.3 is 24.1 Å². The number of benzene rings is 1. The molecule has 10 heteroatoms. The molecule has 1 aliphatic heterocycles. The lowest BCUT2D eigenvalue weighted by molar-refractivity contribution is -0.159. The zero-order chi connectivity index (χ0) is 24.1. The summed E-state index contributed by atoms with van der Waals surface area (Å²) in [5.41, 5.74) is -1.50. The van der Waals surface area contributed by atoms with Gasteiger partial charge in [0.1, 0.15) is 37.2 Å². The predicted molar refractivity (Wildman–Crippen MR) is 132 cm³/mol. The van der Waals surface area contributed by atoms with Gasteiger partial charge in [-0.1, -0.05) is 0 Å². The molecule has 2 rings (SSSR count). The average Bonchev–Trinajstić information content (AvgIpc) is 3.54. The predicted octanol–water partition coefficient (Wildman–Crippen LogP) is 4.08. The molecule has 0 saturated carbocycles. The topological polar surface area (TPSA) is 112 Å². The molecule has 1 aromatic rings. The minimum atomic E-state index is -0.828. The van der Waals surface area contributed by atoms with Crippen LogP contribution >= 0.6 is 45.2 Å². The summed E-state index contributed by atoms with van der Waals surface area (Å²) in [4.78, 5) is 37.0. The maximum atomic E-state index is 12.5. The highest BCUT2D eigenvalue weighted by Crippen LogP contribution is 2.33. The Morgan fingerprint density at radius 2 is 1.53 bits per heavy atom. The molecule has 1 unspecified atom stereocenters. The van der Waals surface area contributed by atoms with Gasteiger partial charge in [-0.3, -0.25) is 9.59 Å². The first-order valence-corrected chi connectivity index (χ1v) is 12.3. The molecule has 0 aliphatic carbocycles. The van der Waals surface area contributed by atoms with Gasteiger partial charge in [0, 0.05) is 3.57 Å². The average molecular weight is 674 g/mol. The zero-order valence-electron chi connectivity index (χ0n) is 18.5. The lowest BCUT2D eigenvalue weighted by atomic mass is 9.79. The first-order valence-electron chi connectivity index (χ1n) is 10.1. The van der Waals surface area contributed by atoms with Crippen molar-refractivity contribution in [3.63, 3.8) is 0 Å². The Morgan fingerprint density at radius 1 is 1.00 bits per heavy atom. The van der Waals surface area contributed by atoms with Crippen molar-refractivity contribution in [1.29, 1.82) is 0 Å². The maximum absolute atomic E-state index is 12.5. The molecular weight excluding hydrogens is 646 g/mol. The van der Waals surface area contributed by atoms with Crippen LogP contribution in [0.25, 0.3) is 0 Å². The quantitative estimate of drug-likeness (QED) is 0.123. The fourth-order valence-corrected chi connectivity index (χ4v) is 4.47. The number of halogens is 2. The van der Waals surface area contributed by atoms with E-state index < -0.39 is 22.8 Å². The number of carbonyl (C=O) groups is 3. The Labute approximate surface area is 215 Å². The van der Waals surface area contributed by atoms with Crippen LogP contribution < -0.4 is 0 Å². The van der Waals surface area contributed by atoms with Crippen LogP contribution in [0.15, 0.2) is 12.1 Å². The Kier molecular flexibility index (Phi) is 9.58. The summed E-state index contributed by atoms with van der Waals surface area (Å²) in [6.07, 6.45) is 0.870. The molecule has 0 amide bonds. The second-order valence-electron chi connectivity index (χ2n) is 8.88. The molecule has 1 saturated heterocycles. The molecule has 0 bridgehead atoms. The van der Waals surface area contributed by atoms with E-state index in [2.05, 4.69) is 0 Å². The van der Waals surface area contributed by atoms with Gasteiger partial charge in [-0.25, -0.2) is 4.79 Å². The lowest BCUT2D eigenvalue weighted by Gasteiger charge is -2.28. The second-order valence-corrected chi connectivity index (χ2v) is 11.3. The zero-order valence-corrected chi connectivity index (χ0v) is 22.9. The number of phenols is 1. The summed E-state index contributed by atoms with van der Waals surface area (Å²) in [5.74, 6) is -1.60. The SMILES string of the molecule is CC(C)(CCC(C)(C)C(=O)OCC1CO1)C(=O)OCCOC(=O)c1cc(I)cc(I)c1O. The van der Waals surface area contributed by atoms with Crippen molar-refractivity contribution in [3.05, 3.63) is 24.8 Å². The van der Waals surface area contributed by atoms with Crippen LogP contribution in [0.3, 0.4) is 0 Å². The molecule has 1 aromatic carbocycles. The number of rotatable bonds is 11. The van der Waals surface area contributed by atoms with Gasteiger partial charge in [-0.2, -0.15) is 0 Å². The van der Waals surface area contributed by atoms with Crippen molar-refractivity contribution in [2.24, 2.45) is 10.8 Å². The number of hydrogen-bond acceptors (Lipinski definition) is 8. The summed E-state index contributed by atoms with van der Waals surface area (Å²) in [7, 11) is 0. The van der Waals surface area contributed by atoms with Crippen LogP contribution in [-0.2, 0) is 28.5 Å². The van der Waals surface area contributed by atoms with Gasteiger partial charge in [0.25, 0.3) is 0 Å². The first-order chi connectivity index (χ1) is 14.8. The molecule has 1 aliphatic rings. The summed E-state index contributed by atoms with van der Waals surface area (Å²) >= 11 is 3.98. The maximum Gasteiger partial charge on any atom is 0.342 e. The van der Waals surface area contributed by atoms with Gasteiger partial charge in [0.05, 0.1) is 21.0 Å². The van der Waals surface area contributed by atoms with Crippen molar-refractivity contribution in [1.82, 2.24) is 0 Å². The standard InChI is InChI=1S/C22H28I2O8/c1-21(2,5-6-22(3,4)20(28)32-12-14-11-31-14)19(27)30-8-7-29-18(26)15-9-13(23)10-16(24)17(15)25/h9-10,14,25H,5-8,11-12H2,1-4H3. The van der Waals surface area contributed by atoms with E-state index in [9.17, 15) is 19.5 Å². The number of hydrogen-bond donors (Lipinski definition) is 1. The number of phenolic OH excluding ortho intramolecular Hbond substituents is 1. The molecule has 1 N–H and O–H groups in total. The molecule has 0 radical (unpaired) electrons. The van der Waals surface area contributed by atoms with E-state index >= 15 is 0 Å². The van der Waals surface area contributed by atoms with Crippen LogP contribution in [-0.4, -0.2) is 55.5 Å². The van der Waals surface area contributed by atoms with Crippen LogP contribution in [0.5, 0.6) is 5.75 Å². The Hall–Kier alpha value is -1.15. The van der Waals surface area contributed by atoms with Gasteiger partial charge in [0.15, 0.2) is 0 Å². The van der Waals surface area contributed by atoms with E-state index in [-0.39, 0.29) is 43.2 Å². The van der Waals surface area contributed by atoms with Crippen LogP contribution in [0.4, 0.5) is 0 Å². The van der Waals surface area contributed by atoms with E-state index in [4.69, 9.17) is 18.9 Å². The van der Waals surface area contributed by atoms with Crippen molar-refractivity contribution >= 4 is 63.1 Å². The second kappa shape index (κ2) is 11.3. The van der Waals surface area contributed by atoms with Crippen molar-refractivity contribution < 1.29 is 38.4 Å². The number of esters is 3. The van der Waals surface area contributed by atoms with E-state index in [1.54, 1.807) is 33.8 Å². The van der Waals surface area contributed by atoms with Gasteiger partial charge in [-0.15, -0.1) is 0 Å². The largest absolute Gasteiger partial charge is 0.506 e. The van der Waals surface area contributed by atoms with Crippen LogP contribution in [0, 0.1) is 18.0 Å². The normalized spacial score (nSPS) is 15.8. The Bertz CT molecular complexity index is 862. The molecule has 1 heterocycles. The van der Waals surface area contributed by atoms with Gasteiger partial charge in [-0.05, 0) is 97.9 Å². The van der Waals surface area contributed by atoms with Crippen molar-refractivity contribution in [2.75, 3.05) is 26.4 Å². The molecule has 0 spiro atoms. The fraction of sp³-hybridized carbons (Fsp3) is 0.591. The molecule has 0 aromatic heterocycles. The summed E-state index contributed by atoms with van der Waals surface area (Å²) in [6, 6.07) is 3.26. The molecule has 8 nitrogen and oxygen atoms in total. The Balaban J connectivity index is 1.76. The highest BCUT2D eigenvalue weighted by molar-refractivity contribution is 14.1. The monoisotopic (exact) mass is 674 g/mol. The first kappa shape index (κ1) is 27.1. The third-order valence-electron chi connectivity index (χ3n) is 5.08. The van der Waals surface area contributed by atoms with Crippen LogP contribution in [0.2, 0.25) is 0 Å².